The summed E-state index contributed by atoms with van der Waals surface area (Å²) in [6.07, 6.45) is 0. The van der Waals surface area contributed by atoms with E-state index >= 15 is 0 Å². The summed E-state index contributed by atoms with van der Waals surface area (Å²) >= 11 is 8.57. The van der Waals surface area contributed by atoms with Gasteiger partial charge in [-0.3, -0.25) is 0 Å². The van der Waals surface area contributed by atoms with Crippen LogP contribution < -0.4 is 0 Å². The second-order valence-corrected chi connectivity index (χ2v) is 4.81. The van der Waals surface area contributed by atoms with E-state index in [4.69, 9.17) is 11.6 Å². The predicted molar refractivity (Wildman–Crippen MR) is 55.5 cm³/mol. The summed E-state index contributed by atoms with van der Waals surface area (Å²) in [6.45, 7) is 3.94. The molecule has 0 bridgehead atoms. The molecular weight excluding hydrogens is 226 g/mol. The Morgan fingerprint density at radius 3 is 2.46 bits per heavy atom. The second-order valence-electron chi connectivity index (χ2n) is 2.52. The van der Waals surface area contributed by atoms with Gasteiger partial charge in [-0.25, -0.2) is 9.97 Å². The van der Waals surface area contributed by atoms with Crippen LogP contribution in [0.1, 0.15) is 10.7 Å². The first-order chi connectivity index (χ1) is 6.16. The summed E-state index contributed by atoms with van der Waals surface area (Å²) in [6, 6.07) is 0. The number of hydrogen-bond acceptors (Lipinski definition) is 5. The van der Waals surface area contributed by atoms with E-state index < -0.39 is 0 Å². The van der Waals surface area contributed by atoms with Crippen LogP contribution in [0.15, 0.2) is 0 Å². The highest BCUT2D eigenvalue weighted by Crippen LogP contribution is 2.31. The first kappa shape index (κ1) is 9.05. The molecule has 2 aromatic heterocycles. The lowest BCUT2D eigenvalue weighted by Crippen LogP contribution is -1.75. The fraction of sp³-hybridized carbons (Fsp3) is 0.286. The summed E-state index contributed by atoms with van der Waals surface area (Å²) in [5, 5.41) is 2.21. The molecule has 0 atom stereocenters. The normalized spacial score (nSPS) is 10.7. The van der Waals surface area contributed by atoms with E-state index in [9.17, 15) is 0 Å². The van der Waals surface area contributed by atoms with Crippen LogP contribution in [0.5, 0.6) is 0 Å². The van der Waals surface area contributed by atoms with Gasteiger partial charge >= 0.3 is 0 Å². The predicted octanol–water partition coefficient (Wildman–Crippen LogP) is 2.93. The molecule has 13 heavy (non-hydrogen) atoms. The lowest BCUT2D eigenvalue weighted by molar-refractivity contribution is 1.20. The highest BCUT2D eigenvalue weighted by Gasteiger charge is 2.11. The van der Waals surface area contributed by atoms with Gasteiger partial charge in [0.2, 0.25) is 5.28 Å². The highest BCUT2D eigenvalue weighted by atomic mass is 35.5. The molecule has 0 saturated carbocycles. The van der Waals surface area contributed by atoms with E-state index in [0.29, 0.717) is 5.28 Å². The number of aromatic nitrogens is 3. The van der Waals surface area contributed by atoms with Gasteiger partial charge in [-0.15, -0.1) is 11.3 Å². The van der Waals surface area contributed by atoms with Gasteiger partial charge in [-0.05, 0) is 37.0 Å². The lowest BCUT2D eigenvalue weighted by Gasteiger charge is -1.87. The van der Waals surface area contributed by atoms with Crippen LogP contribution in [0.4, 0.5) is 0 Å². The Hall–Kier alpha value is -0.520. The van der Waals surface area contributed by atoms with Gasteiger partial charge in [-0.1, -0.05) is 0 Å². The fourth-order valence-corrected chi connectivity index (χ4v) is 2.87. The highest BCUT2D eigenvalue weighted by molar-refractivity contribution is 7.19. The Kier molecular flexibility index (Phi) is 2.31. The third-order valence-electron chi connectivity index (χ3n) is 1.50. The Balaban J connectivity index is 2.51. The molecule has 3 nitrogen and oxygen atoms in total. The molecule has 0 fully saturated rings. The zero-order valence-electron chi connectivity index (χ0n) is 7.04. The van der Waals surface area contributed by atoms with Gasteiger partial charge in [0, 0.05) is 0 Å². The van der Waals surface area contributed by atoms with Crippen LogP contribution in [0.25, 0.3) is 9.88 Å². The maximum Gasteiger partial charge on any atom is 0.234 e. The summed E-state index contributed by atoms with van der Waals surface area (Å²) in [7, 11) is 0. The molecule has 0 N–H and O–H groups in total. The van der Waals surface area contributed by atoms with Crippen LogP contribution in [-0.2, 0) is 0 Å². The van der Waals surface area contributed by atoms with Gasteiger partial charge in [0.15, 0.2) is 5.01 Å². The minimum absolute atomic E-state index is 0.311. The standard InChI is InChI=1S/C7H6ClN3S2/c1-3-5(12-4(2)9-3)6-10-7(8)11-13-6/h1-2H3. The van der Waals surface area contributed by atoms with Crippen molar-refractivity contribution in [2.45, 2.75) is 13.8 Å². The number of rotatable bonds is 1. The quantitative estimate of drug-likeness (QED) is 0.758. The molecule has 0 amide bonds. The molecule has 0 aromatic carbocycles. The van der Waals surface area contributed by atoms with E-state index in [1.165, 1.54) is 11.5 Å². The Labute approximate surface area is 88.6 Å². The van der Waals surface area contributed by atoms with Crippen LogP contribution in [0.2, 0.25) is 5.28 Å². The molecule has 0 aliphatic heterocycles. The number of thiazole rings is 1. The third kappa shape index (κ3) is 1.72. The van der Waals surface area contributed by atoms with Crippen molar-refractivity contribution >= 4 is 34.5 Å². The minimum atomic E-state index is 0.311. The summed E-state index contributed by atoms with van der Waals surface area (Å²) in [5.41, 5.74) is 0.996. The van der Waals surface area contributed by atoms with E-state index in [1.54, 1.807) is 11.3 Å². The smallest absolute Gasteiger partial charge is 0.234 e. The third-order valence-corrected chi connectivity index (χ3v) is 3.71. The fourth-order valence-electron chi connectivity index (χ4n) is 1.03. The number of hydrogen-bond donors (Lipinski definition) is 0. The second kappa shape index (κ2) is 3.32. The van der Waals surface area contributed by atoms with Gasteiger partial charge < -0.3 is 0 Å². The summed E-state index contributed by atoms with van der Waals surface area (Å²) < 4.78 is 3.92. The van der Waals surface area contributed by atoms with Crippen molar-refractivity contribution in [3.8, 4) is 9.88 Å². The van der Waals surface area contributed by atoms with Crippen molar-refractivity contribution in [1.82, 2.24) is 14.3 Å². The van der Waals surface area contributed by atoms with Crippen LogP contribution in [-0.4, -0.2) is 14.3 Å². The molecule has 0 saturated heterocycles. The summed E-state index contributed by atoms with van der Waals surface area (Å²) in [5.74, 6) is 0. The maximum atomic E-state index is 5.64. The van der Waals surface area contributed by atoms with Gasteiger partial charge in [0.05, 0.1) is 15.6 Å². The van der Waals surface area contributed by atoms with E-state index in [2.05, 4.69) is 14.3 Å². The van der Waals surface area contributed by atoms with Crippen molar-refractivity contribution in [1.29, 1.82) is 0 Å². The molecule has 0 radical (unpaired) electrons. The Bertz CT molecular complexity index is 435. The van der Waals surface area contributed by atoms with Crippen molar-refractivity contribution < 1.29 is 0 Å². The number of halogens is 1. The topological polar surface area (TPSA) is 38.7 Å². The zero-order chi connectivity index (χ0) is 9.42. The Morgan fingerprint density at radius 2 is 2.00 bits per heavy atom. The SMILES string of the molecule is Cc1nc(C)c(-c2nc(Cl)ns2)s1. The van der Waals surface area contributed by atoms with E-state index in [1.807, 2.05) is 13.8 Å². The molecule has 2 aromatic rings. The molecule has 0 spiro atoms. The largest absolute Gasteiger partial charge is 0.246 e. The lowest BCUT2D eigenvalue weighted by atomic mass is 10.4. The average Bonchev–Trinajstić information content (AvgIpc) is 2.58. The van der Waals surface area contributed by atoms with Gasteiger partial charge in [-0.2, -0.15) is 4.37 Å². The van der Waals surface area contributed by atoms with Crippen molar-refractivity contribution in [3.05, 3.63) is 16.0 Å². The minimum Gasteiger partial charge on any atom is -0.246 e. The maximum absolute atomic E-state index is 5.64. The molecular formula is C7H6ClN3S2. The summed E-state index contributed by atoms with van der Waals surface area (Å²) in [4.78, 5) is 9.48. The first-order valence-electron chi connectivity index (χ1n) is 3.60. The first-order valence-corrected chi connectivity index (χ1v) is 5.57. The molecule has 68 valence electrons. The monoisotopic (exact) mass is 231 g/mol. The molecule has 6 heteroatoms. The molecule has 0 aliphatic carbocycles. The Morgan fingerprint density at radius 1 is 1.23 bits per heavy atom. The van der Waals surface area contributed by atoms with Crippen molar-refractivity contribution in [3.63, 3.8) is 0 Å². The van der Waals surface area contributed by atoms with Crippen molar-refractivity contribution in [2.75, 3.05) is 0 Å². The molecule has 0 unspecified atom stereocenters. The average molecular weight is 232 g/mol. The van der Waals surface area contributed by atoms with Crippen molar-refractivity contribution in [2.24, 2.45) is 0 Å². The van der Waals surface area contributed by atoms with Crippen LogP contribution in [0, 0.1) is 13.8 Å². The van der Waals surface area contributed by atoms with Gasteiger partial charge in [0.25, 0.3) is 0 Å². The van der Waals surface area contributed by atoms with Gasteiger partial charge in [0.1, 0.15) is 0 Å². The van der Waals surface area contributed by atoms with Crippen LogP contribution in [0.3, 0.4) is 0 Å². The molecule has 0 aliphatic rings. The molecule has 2 heterocycles. The van der Waals surface area contributed by atoms with E-state index in [-0.39, 0.29) is 0 Å². The van der Waals surface area contributed by atoms with Crippen LogP contribution >= 0.6 is 34.5 Å². The molecule has 2 rings (SSSR count). The number of nitrogens with zero attached hydrogens (tertiary/aromatic N) is 3. The number of aryl methyl sites for hydroxylation is 2. The zero-order valence-corrected chi connectivity index (χ0v) is 9.43. The van der Waals surface area contributed by atoms with E-state index in [0.717, 1.165) is 20.6 Å².